The van der Waals surface area contributed by atoms with Crippen LogP contribution in [0, 0.1) is 12.8 Å². The van der Waals surface area contributed by atoms with Gasteiger partial charge in [-0.2, -0.15) is 0 Å². The minimum atomic E-state index is -0.684. The third kappa shape index (κ3) is 4.57. The summed E-state index contributed by atoms with van der Waals surface area (Å²) in [6.07, 6.45) is 0. The van der Waals surface area contributed by atoms with Crippen molar-refractivity contribution in [3.63, 3.8) is 0 Å². The SMILES string of the molecule is Cc1cccc(N2CCN(C(=O)CNC(=O)C(=O)C(C)C)CC2)c1. The number of anilines is 1. The summed E-state index contributed by atoms with van der Waals surface area (Å²) in [6.45, 7) is 8.00. The van der Waals surface area contributed by atoms with Gasteiger partial charge >= 0.3 is 0 Å². The number of carbonyl (C=O) groups is 3. The molecule has 1 fully saturated rings. The van der Waals surface area contributed by atoms with E-state index in [1.807, 2.05) is 6.07 Å². The van der Waals surface area contributed by atoms with Gasteiger partial charge in [0.2, 0.25) is 11.7 Å². The summed E-state index contributed by atoms with van der Waals surface area (Å²) in [5.41, 5.74) is 2.38. The fourth-order valence-electron chi connectivity index (χ4n) is 2.66. The number of hydrogen-bond acceptors (Lipinski definition) is 4. The van der Waals surface area contributed by atoms with Crippen LogP contribution < -0.4 is 10.2 Å². The van der Waals surface area contributed by atoms with Crippen LogP contribution >= 0.6 is 0 Å². The van der Waals surface area contributed by atoms with E-state index in [0.717, 1.165) is 18.8 Å². The van der Waals surface area contributed by atoms with Gasteiger partial charge in [0.15, 0.2) is 0 Å². The molecule has 2 amide bonds. The van der Waals surface area contributed by atoms with Crippen molar-refractivity contribution in [2.24, 2.45) is 5.92 Å². The van der Waals surface area contributed by atoms with Gasteiger partial charge in [0.05, 0.1) is 6.54 Å². The minimum Gasteiger partial charge on any atom is -0.368 e. The minimum absolute atomic E-state index is 0.123. The highest BCUT2D eigenvalue weighted by molar-refractivity contribution is 6.37. The Morgan fingerprint density at radius 1 is 1.12 bits per heavy atom. The van der Waals surface area contributed by atoms with E-state index in [-0.39, 0.29) is 18.4 Å². The van der Waals surface area contributed by atoms with Crippen molar-refractivity contribution in [3.05, 3.63) is 29.8 Å². The summed E-state index contributed by atoms with van der Waals surface area (Å²) in [5.74, 6) is -1.69. The van der Waals surface area contributed by atoms with Crippen LogP contribution in [0.2, 0.25) is 0 Å². The van der Waals surface area contributed by atoms with Gasteiger partial charge in [-0.3, -0.25) is 14.4 Å². The molecule has 1 aliphatic heterocycles. The van der Waals surface area contributed by atoms with E-state index in [2.05, 4.69) is 35.3 Å². The zero-order valence-electron chi connectivity index (χ0n) is 14.5. The molecule has 1 aromatic carbocycles. The Balaban J connectivity index is 1.80. The predicted molar refractivity (Wildman–Crippen MR) is 92.8 cm³/mol. The van der Waals surface area contributed by atoms with E-state index in [4.69, 9.17) is 0 Å². The number of rotatable bonds is 5. The molecule has 0 atom stereocenters. The second-order valence-electron chi connectivity index (χ2n) is 6.41. The van der Waals surface area contributed by atoms with E-state index >= 15 is 0 Å². The molecule has 0 aliphatic carbocycles. The van der Waals surface area contributed by atoms with Crippen molar-refractivity contribution in [2.75, 3.05) is 37.6 Å². The van der Waals surface area contributed by atoms with Crippen LogP contribution in [-0.2, 0) is 14.4 Å². The topological polar surface area (TPSA) is 69.7 Å². The van der Waals surface area contributed by atoms with E-state index in [1.165, 1.54) is 5.56 Å². The maximum absolute atomic E-state index is 12.2. The summed E-state index contributed by atoms with van der Waals surface area (Å²) in [4.78, 5) is 39.3. The molecule has 1 N–H and O–H groups in total. The van der Waals surface area contributed by atoms with Crippen molar-refractivity contribution in [2.45, 2.75) is 20.8 Å². The van der Waals surface area contributed by atoms with Crippen molar-refractivity contribution in [1.29, 1.82) is 0 Å². The van der Waals surface area contributed by atoms with Crippen LogP contribution in [0.3, 0.4) is 0 Å². The normalized spacial score (nSPS) is 14.7. The average molecular weight is 331 g/mol. The fraction of sp³-hybridized carbons (Fsp3) is 0.500. The second-order valence-corrected chi connectivity index (χ2v) is 6.41. The van der Waals surface area contributed by atoms with E-state index in [0.29, 0.717) is 13.1 Å². The molecular weight excluding hydrogens is 306 g/mol. The lowest BCUT2D eigenvalue weighted by Gasteiger charge is -2.36. The number of aryl methyl sites for hydroxylation is 1. The van der Waals surface area contributed by atoms with Gasteiger partial charge < -0.3 is 15.1 Å². The number of Topliss-reactive ketones (excluding diaryl/α,β-unsaturated/α-hetero) is 1. The zero-order chi connectivity index (χ0) is 17.7. The molecule has 0 bridgehead atoms. The van der Waals surface area contributed by atoms with Crippen LogP contribution in [0.5, 0.6) is 0 Å². The van der Waals surface area contributed by atoms with Gasteiger partial charge in [-0.25, -0.2) is 0 Å². The van der Waals surface area contributed by atoms with Crippen LogP contribution in [0.25, 0.3) is 0 Å². The molecule has 6 nitrogen and oxygen atoms in total. The standard InChI is InChI=1S/C18H25N3O3/c1-13(2)17(23)18(24)19-12-16(22)21-9-7-20(8-10-21)15-6-4-5-14(3)11-15/h4-6,11,13H,7-10,12H2,1-3H3,(H,19,24). The summed E-state index contributed by atoms with van der Waals surface area (Å²) in [6, 6.07) is 8.30. The predicted octanol–water partition coefficient (Wildman–Crippen LogP) is 0.985. The number of ketones is 1. The molecule has 1 heterocycles. The molecule has 0 radical (unpaired) electrons. The lowest BCUT2D eigenvalue weighted by atomic mass is 10.1. The first-order valence-electron chi connectivity index (χ1n) is 8.30. The summed E-state index contributed by atoms with van der Waals surface area (Å²) >= 11 is 0. The number of nitrogens with one attached hydrogen (secondary N) is 1. The maximum Gasteiger partial charge on any atom is 0.288 e. The van der Waals surface area contributed by atoms with Crippen molar-refractivity contribution in [3.8, 4) is 0 Å². The smallest absolute Gasteiger partial charge is 0.288 e. The highest BCUT2D eigenvalue weighted by Crippen LogP contribution is 2.17. The van der Waals surface area contributed by atoms with Crippen LogP contribution in [0.15, 0.2) is 24.3 Å². The van der Waals surface area contributed by atoms with Crippen LogP contribution in [0.1, 0.15) is 19.4 Å². The first-order chi connectivity index (χ1) is 11.4. The monoisotopic (exact) mass is 331 g/mol. The molecule has 2 rings (SSSR count). The first kappa shape index (κ1) is 18.0. The van der Waals surface area contributed by atoms with Crippen molar-refractivity contribution in [1.82, 2.24) is 10.2 Å². The Hall–Kier alpha value is -2.37. The Bertz CT molecular complexity index is 620. The number of hydrogen-bond donors (Lipinski definition) is 1. The molecule has 0 spiro atoms. The molecule has 1 aromatic rings. The van der Waals surface area contributed by atoms with Gasteiger partial charge in [0.1, 0.15) is 0 Å². The molecule has 24 heavy (non-hydrogen) atoms. The summed E-state index contributed by atoms with van der Waals surface area (Å²) in [5, 5.41) is 2.42. The summed E-state index contributed by atoms with van der Waals surface area (Å²) in [7, 11) is 0. The average Bonchev–Trinajstić information content (AvgIpc) is 2.58. The van der Waals surface area contributed by atoms with E-state index in [1.54, 1.807) is 18.7 Å². The quantitative estimate of drug-likeness (QED) is 0.817. The van der Waals surface area contributed by atoms with Crippen molar-refractivity contribution >= 4 is 23.3 Å². The van der Waals surface area contributed by atoms with Gasteiger partial charge in [-0.15, -0.1) is 0 Å². The number of benzene rings is 1. The van der Waals surface area contributed by atoms with Crippen molar-refractivity contribution < 1.29 is 14.4 Å². The molecule has 1 aliphatic rings. The molecule has 0 saturated carbocycles. The lowest BCUT2D eigenvalue weighted by molar-refractivity contribution is -0.141. The molecule has 1 saturated heterocycles. The number of piperazine rings is 1. The van der Waals surface area contributed by atoms with Crippen LogP contribution in [-0.4, -0.2) is 55.2 Å². The third-order valence-electron chi connectivity index (χ3n) is 4.15. The van der Waals surface area contributed by atoms with Crippen LogP contribution in [0.4, 0.5) is 5.69 Å². The fourth-order valence-corrected chi connectivity index (χ4v) is 2.66. The number of carbonyl (C=O) groups excluding carboxylic acids is 3. The second kappa shape index (κ2) is 7.95. The highest BCUT2D eigenvalue weighted by Gasteiger charge is 2.23. The maximum atomic E-state index is 12.2. The lowest BCUT2D eigenvalue weighted by Crippen LogP contribution is -2.51. The molecule has 0 unspecified atom stereocenters. The van der Waals surface area contributed by atoms with E-state index in [9.17, 15) is 14.4 Å². The van der Waals surface area contributed by atoms with E-state index < -0.39 is 11.7 Å². The summed E-state index contributed by atoms with van der Waals surface area (Å²) < 4.78 is 0. The third-order valence-corrected chi connectivity index (χ3v) is 4.15. The van der Waals surface area contributed by atoms with Gasteiger partial charge in [-0.1, -0.05) is 26.0 Å². The Morgan fingerprint density at radius 2 is 1.79 bits per heavy atom. The zero-order valence-corrected chi connectivity index (χ0v) is 14.5. The molecule has 130 valence electrons. The molecular formula is C18H25N3O3. The first-order valence-corrected chi connectivity index (χ1v) is 8.30. The Kier molecular flexibility index (Phi) is 5.95. The van der Waals surface area contributed by atoms with Gasteiger partial charge in [-0.05, 0) is 24.6 Å². The molecule has 0 aromatic heterocycles. The Labute approximate surface area is 142 Å². The number of nitrogens with zero attached hydrogens (tertiary/aromatic N) is 2. The van der Waals surface area contributed by atoms with Gasteiger partial charge in [0, 0.05) is 37.8 Å². The Morgan fingerprint density at radius 3 is 2.38 bits per heavy atom. The van der Waals surface area contributed by atoms with Gasteiger partial charge in [0.25, 0.3) is 5.91 Å². The largest absolute Gasteiger partial charge is 0.368 e. The highest BCUT2D eigenvalue weighted by atomic mass is 16.2. The molecule has 6 heteroatoms. The number of amides is 2.